The largest absolute Gasteiger partial charge is 0.505 e. The van der Waals surface area contributed by atoms with Gasteiger partial charge in [-0.15, -0.1) is 10.2 Å². The standard InChI is InChI=1S/C32H26F3N3O4/c1-31(2,3)20-12-10-17(11-13-20)25-23(32(33,34)35)15-14-22-26(25)36-29(40)27(22)38-37-24-9-5-8-21(28(24)39)18-6-4-7-19(16-18)30(41)42/h4-16,36,39-40H,1-3H3,(H,41,42). The Morgan fingerprint density at radius 1 is 0.833 bits per heavy atom. The number of azo groups is 1. The van der Waals surface area contributed by atoms with E-state index in [1.165, 1.54) is 24.3 Å². The second kappa shape index (κ2) is 10.4. The van der Waals surface area contributed by atoms with E-state index < -0.39 is 23.6 Å². The number of phenolic OH excluding ortho intramolecular Hbond substituents is 1. The number of aromatic nitrogens is 1. The number of nitrogens with one attached hydrogen (secondary N) is 1. The molecule has 0 amide bonds. The number of nitrogens with zero attached hydrogens (tertiary/aromatic N) is 2. The Morgan fingerprint density at radius 3 is 2.17 bits per heavy atom. The lowest BCUT2D eigenvalue weighted by Gasteiger charge is -2.20. The van der Waals surface area contributed by atoms with Gasteiger partial charge in [-0.05, 0) is 52.4 Å². The Labute approximate surface area is 238 Å². The number of hydrogen-bond donors (Lipinski definition) is 4. The molecule has 10 heteroatoms. The van der Waals surface area contributed by atoms with Gasteiger partial charge in [0.15, 0.2) is 11.4 Å². The van der Waals surface area contributed by atoms with Crippen LogP contribution in [0.25, 0.3) is 33.2 Å². The molecule has 42 heavy (non-hydrogen) atoms. The minimum absolute atomic E-state index is 0.00637. The van der Waals surface area contributed by atoms with Crippen LogP contribution in [0.1, 0.15) is 42.3 Å². The van der Waals surface area contributed by atoms with E-state index in [-0.39, 0.29) is 44.6 Å². The second-order valence-electron chi connectivity index (χ2n) is 10.8. The predicted octanol–water partition coefficient (Wildman–Crippen LogP) is 9.34. The van der Waals surface area contributed by atoms with E-state index in [4.69, 9.17) is 0 Å². The van der Waals surface area contributed by atoms with Crippen molar-refractivity contribution in [3.05, 3.63) is 95.6 Å². The molecule has 0 fully saturated rings. The molecule has 5 aromatic rings. The highest BCUT2D eigenvalue weighted by Crippen LogP contribution is 2.47. The first-order chi connectivity index (χ1) is 19.8. The van der Waals surface area contributed by atoms with Crippen LogP contribution in [0.15, 0.2) is 89.1 Å². The van der Waals surface area contributed by atoms with Gasteiger partial charge in [-0.1, -0.05) is 69.3 Å². The number of carboxylic acid groups (broad SMARTS) is 1. The summed E-state index contributed by atoms with van der Waals surface area (Å²) in [6.45, 7) is 6.01. The summed E-state index contributed by atoms with van der Waals surface area (Å²) in [5.74, 6) is -1.91. The highest BCUT2D eigenvalue weighted by atomic mass is 19.4. The molecule has 0 saturated carbocycles. The number of carboxylic acids is 1. The molecule has 4 aromatic carbocycles. The third-order valence-corrected chi connectivity index (χ3v) is 6.97. The SMILES string of the molecule is CC(C)(C)c1ccc(-c2c(C(F)(F)F)ccc3c(N=Nc4cccc(-c5cccc(C(=O)O)c5)c4O)c(O)[nH]c23)cc1. The highest BCUT2D eigenvalue weighted by molar-refractivity contribution is 6.04. The average molecular weight is 574 g/mol. The minimum atomic E-state index is -4.67. The highest BCUT2D eigenvalue weighted by Gasteiger charge is 2.35. The van der Waals surface area contributed by atoms with E-state index in [2.05, 4.69) is 15.2 Å². The van der Waals surface area contributed by atoms with Crippen LogP contribution in [-0.4, -0.2) is 26.3 Å². The number of benzene rings is 4. The van der Waals surface area contributed by atoms with Gasteiger partial charge < -0.3 is 20.3 Å². The van der Waals surface area contributed by atoms with Crippen molar-refractivity contribution in [1.82, 2.24) is 4.98 Å². The molecule has 0 spiro atoms. The van der Waals surface area contributed by atoms with E-state index in [1.54, 1.807) is 48.5 Å². The van der Waals surface area contributed by atoms with Crippen LogP contribution in [0.2, 0.25) is 0 Å². The van der Waals surface area contributed by atoms with Crippen molar-refractivity contribution in [1.29, 1.82) is 0 Å². The molecule has 7 nitrogen and oxygen atoms in total. The number of rotatable bonds is 5. The zero-order chi connectivity index (χ0) is 30.4. The summed E-state index contributed by atoms with van der Waals surface area (Å²) in [4.78, 5) is 14.0. The molecule has 0 aliphatic heterocycles. The number of alkyl halides is 3. The summed E-state index contributed by atoms with van der Waals surface area (Å²) in [6.07, 6.45) is -4.67. The van der Waals surface area contributed by atoms with Crippen molar-refractivity contribution in [3.8, 4) is 33.9 Å². The third-order valence-electron chi connectivity index (χ3n) is 6.97. The van der Waals surface area contributed by atoms with E-state index in [1.807, 2.05) is 20.8 Å². The van der Waals surface area contributed by atoms with Crippen LogP contribution in [-0.2, 0) is 11.6 Å². The first-order valence-electron chi connectivity index (χ1n) is 12.9. The molecule has 0 radical (unpaired) electrons. The molecule has 214 valence electrons. The topological polar surface area (TPSA) is 118 Å². The van der Waals surface area contributed by atoms with E-state index in [0.717, 1.165) is 11.6 Å². The van der Waals surface area contributed by atoms with E-state index >= 15 is 0 Å². The molecule has 0 aliphatic carbocycles. The van der Waals surface area contributed by atoms with Gasteiger partial charge in [-0.25, -0.2) is 4.79 Å². The van der Waals surface area contributed by atoms with Gasteiger partial charge in [0.1, 0.15) is 5.69 Å². The molecule has 0 unspecified atom stereocenters. The number of hydrogen-bond acceptors (Lipinski definition) is 5. The number of aromatic amines is 1. The van der Waals surface area contributed by atoms with Gasteiger partial charge in [0.25, 0.3) is 0 Å². The van der Waals surface area contributed by atoms with Gasteiger partial charge >= 0.3 is 12.1 Å². The molecular formula is C32H26F3N3O4. The van der Waals surface area contributed by atoms with Crippen LogP contribution in [0.3, 0.4) is 0 Å². The van der Waals surface area contributed by atoms with E-state index in [9.17, 15) is 33.3 Å². The molecule has 1 heterocycles. The van der Waals surface area contributed by atoms with Gasteiger partial charge in [0.2, 0.25) is 5.88 Å². The lowest BCUT2D eigenvalue weighted by molar-refractivity contribution is -0.137. The molecule has 0 aliphatic rings. The quantitative estimate of drug-likeness (QED) is 0.157. The average Bonchev–Trinajstić information content (AvgIpc) is 3.26. The molecule has 5 rings (SSSR count). The van der Waals surface area contributed by atoms with Gasteiger partial charge in [-0.3, -0.25) is 0 Å². The fourth-order valence-corrected chi connectivity index (χ4v) is 4.78. The number of halogens is 3. The van der Waals surface area contributed by atoms with Gasteiger partial charge in [0.05, 0.1) is 16.6 Å². The first kappa shape index (κ1) is 28.4. The molecule has 0 atom stereocenters. The zero-order valence-electron chi connectivity index (χ0n) is 22.8. The maximum Gasteiger partial charge on any atom is 0.417 e. The number of carbonyl (C=O) groups is 1. The van der Waals surface area contributed by atoms with Crippen molar-refractivity contribution in [2.24, 2.45) is 10.2 Å². The Balaban J connectivity index is 1.61. The Kier molecular flexibility index (Phi) is 7.01. The van der Waals surface area contributed by atoms with Gasteiger partial charge in [-0.2, -0.15) is 13.2 Å². The number of fused-ring (bicyclic) bond motifs is 1. The van der Waals surface area contributed by atoms with Crippen LogP contribution < -0.4 is 0 Å². The monoisotopic (exact) mass is 573 g/mol. The summed E-state index contributed by atoms with van der Waals surface area (Å²) >= 11 is 0. The normalized spacial score (nSPS) is 12.3. The molecule has 0 bridgehead atoms. The van der Waals surface area contributed by atoms with Crippen LogP contribution >= 0.6 is 0 Å². The molecule has 0 saturated heterocycles. The number of phenols is 1. The third kappa shape index (κ3) is 5.30. The first-order valence-corrected chi connectivity index (χ1v) is 12.9. The lowest BCUT2D eigenvalue weighted by Crippen LogP contribution is -2.11. The fraction of sp³-hybridized carbons (Fsp3) is 0.156. The smallest absolute Gasteiger partial charge is 0.417 e. The summed E-state index contributed by atoms with van der Waals surface area (Å²) in [6, 6.07) is 19.5. The Bertz CT molecular complexity index is 1850. The van der Waals surface area contributed by atoms with Crippen molar-refractivity contribution in [2.75, 3.05) is 0 Å². The van der Waals surface area contributed by atoms with Crippen molar-refractivity contribution in [2.45, 2.75) is 32.4 Å². The van der Waals surface area contributed by atoms with Gasteiger partial charge in [0, 0.05) is 16.5 Å². The number of aromatic hydroxyl groups is 2. The summed E-state index contributed by atoms with van der Waals surface area (Å²) in [5, 5.41) is 39.2. The van der Waals surface area contributed by atoms with Crippen LogP contribution in [0.4, 0.5) is 24.5 Å². The molecule has 4 N–H and O–H groups in total. The van der Waals surface area contributed by atoms with E-state index in [0.29, 0.717) is 16.7 Å². The Morgan fingerprint density at radius 2 is 1.52 bits per heavy atom. The molecular weight excluding hydrogens is 547 g/mol. The number of H-pyrrole nitrogens is 1. The van der Waals surface area contributed by atoms with Crippen molar-refractivity contribution < 1.29 is 33.3 Å². The number of aromatic carboxylic acids is 1. The minimum Gasteiger partial charge on any atom is -0.505 e. The number of para-hydroxylation sites is 1. The summed E-state index contributed by atoms with van der Waals surface area (Å²) in [5.41, 5.74) is 0.737. The predicted molar refractivity (Wildman–Crippen MR) is 154 cm³/mol. The van der Waals surface area contributed by atoms with Crippen molar-refractivity contribution in [3.63, 3.8) is 0 Å². The lowest BCUT2D eigenvalue weighted by atomic mass is 9.85. The van der Waals surface area contributed by atoms with Crippen LogP contribution in [0.5, 0.6) is 11.6 Å². The van der Waals surface area contributed by atoms with Crippen LogP contribution in [0, 0.1) is 0 Å². The maximum atomic E-state index is 14.1. The fourth-order valence-electron chi connectivity index (χ4n) is 4.78. The second-order valence-corrected chi connectivity index (χ2v) is 10.8. The Hall–Kier alpha value is -5.12. The maximum absolute atomic E-state index is 14.1. The zero-order valence-corrected chi connectivity index (χ0v) is 22.8. The van der Waals surface area contributed by atoms with Crippen molar-refractivity contribution >= 4 is 28.2 Å². The summed E-state index contributed by atoms with van der Waals surface area (Å²) < 4.78 is 42.4. The molecule has 1 aromatic heterocycles. The summed E-state index contributed by atoms with van der Waals surface area (Å²) in [7, 11) is 0.